The summed E-state index contributed by atoms with van der Waals surface area (Å²) in [5, 5.41) is 12.0. The number of carbonyl (C=O) groups excluding carboxylic acids is 1. The summed E-state index contributed by atoms with van der Waals surface area (Å²) < 4.78 is 5.80. The SMILES string of the molecule is COc1cccc(C(C)(CC(=O)O)NC(=O)c2cc(Cl)sc2Cl)c1. The standard InChI is InChI=1S/C16H15Cl2NO4S/c1-16(8-13(20)21,9-4-3-5-10(6-9)23-2)19-15(22)11-7-12(17)24-14(11)18/h3-7H,8H2,1-2H3,(H,19,22)(H,20,21). The molecular weight excluding hydrogens is 373 g/mol. The number of halogens is 2. The van der Waals surface area contributed by atoms with Crippen molar-refractivity contribution in [1.29, 1.82) is 0 Å². The molecule has 1 atom stereocenters. The third-order valence-corrected chi connectivity index (χ3v) is 4.99. The molecule has 2 aromatic rings. The van der Waals surface area contributed by atoms with Crippen molar-refractivity contribution in [3.63, 3.8) is 0 Å². The van der Waals surface area contributed by atoms with Crippen molar-refractivity contribution in [3.05, 3.63) is 50.1 Å². The number of rotatable bonds is 6. The fraction of sp³-hybridized carbons (Fsp3) is 0.250. The highest BCUT2D eigenvalue weighted by Gasteiger charge is 2.33. The molecule has 1 heterocycles. The number of methoxy groups -OCH3 is 1. The molecule has 0 fully saturated rings. The van der Waals surface area contributed by atoms with E-state index >= 15 is 0 Å². The number of amides is 1. The number of nitrogens with one attached hydrogen (secondary N) is 1. The Bertz CT molecular complexity index is 777. The molecule has 1 aromatic carbocycles. The minimum absolute atomic E-state index is 0.214. The van der Waals surface area contributed by atoms with Gasteiger partial charge < -0.3 is 15.2 Å². The van der Waals surface area contributed by atoms with Crippen molar-refractivity contribution in [3.8, 4) is 5.75 Å². The predicted octanol–water partition coefficient (Wildman–Crippen LogP) is 4.18. The van der Waals surface area contributed by atoms with Gasteiger partial charge in [-0.1, -0.05) is 35.3 Å². The molecule has 5 nitrogen and oxygen atoms in total. The fourth-order valence-electron chi connectivity index (χ4n) is 2.30. The Balaban J connectivity index is 2.38. The first kappa shape index (κ1) is 18.6. The third-order valence-electron chi connectivity index (χ3n) is 3.50. The monoisotopic (exact) mass is 387 g/mol. The number of benzene rings is 1. The van der Waals surface area contributed by atoms with E-state index < -0.39 is 17.4 Å². The van der Waals surface area contributed by atoms with Crippen LogP contribution in [0.1, 0.15) is 29.3 Å². The molecule has 0 saturated heterocycles. The molecule has 0 spiro atoms. The summed E-state index contributed by atoms with van der Waals surface area (Å²) >= 11 is 12.9. The first-order valence-corrected chi connectivity index (χ1v) is 8.46. The van der Waals surface area contributed by atoms with E-state index in [0.29, 0.717) is 15.6 Å². The zero-order valence-electron chi connectivity index (χ0n) is 12.9. The zero-order valence-corrected chi connectivity index (χ0v) is 15.3. The van der Waals surface area contributed by atoms with Crippen LogP contribution < -0.4 is 10.1 Å². The third kappa shape index (κ3) is 4.20. The van der Waals surface area contributed by atoms with Gasteiger partial charge in [0.05, 0.1) is 29.0 Å². The van der Waals surface area contributed by atoms with Crippen LogP contribution in [0.4, 0.5) is 0 Å². The van der Waals surface area contributed by atoms with Crippen LogP contribution in [0.3, 0.4) is 0 Å². The molecule has 128 valence electrons. The molecule has 0 aliphatic rings. The summed E-state index contributed by atoms with van der Waals surface area (Å²) in [6.45, 7) is 1.63. The molecule has 24 heavy (non-hydrogen) atoms. The summed E-state index contributed by atoms with van der Waals surface area (Å²) in [4.78, 5) is 23.8. The highest BCUT2D eigenvalue weighted by atomic mass is 35.5. The number of carboxylic acid groups (broad SMARTS) is 1. The normalized spacial score (nSPS) is 13.2. The van der Waals surface area contributed by atoms with Crippen molar-refractivity contribution in [2.75, 3.05) is 7.11 Å². The van der Waals surface area contributed by atoms with E-state index in [1.54, 1.807) is 31.2 Å². The highest BCUT2D eigenvalue weighted by molar-refractivity contribution is 7.20. The maximum Gasteiger partial charge on any atom is 0.306 e. The quantitative estimate of drug-likeness (QED) is 0.779. The van der Waals surface area contributed by atoms with Gasteiger partial charge in [-0.3, -0.25) is 9.59 Å². The Morgan fingerprint density at radius 3 is 2.58 bits per heavy atom. The molecule has 0 saturated carbocycles. The van der Waals surface area contributed by atoms with Gasteiger partial charge in [-0.05, 0) is 30.7 Å². The maximum atomic E-state index is 12.5. The minimum atomic E-state index is -1.14. The van der Waals surface area contributed by atoms with Crippen LogP contribution in [0.5, 0.6) is 5.75 Å². The lowest BCUT2D eigenvalue weighted by atomic mass is 9.88. The maximum absolute atomic E-state index is 12.5. The highest BCUT2D eigenvalue weighted by Crippen LogP contribution is 2.33. The van der Waals surface area contributed by atoms with Gasteiger partial charge in [0.15, 0.2) is 0 Å². The average molecular weight is 388 g/mol. The van der Waals surface area contributed by atoms with Crippen LogP contribution in [0.15, 0.2) is 30.3 Å². The molecule has 0 radical (unpaired) electrons. The molecule has 1 amide bonds. The molecule has 2 N–H and O–H groups in total. The van der Waals surface area contributed by atoms with Crippen LogP contribution in [-0.2, 0) is 10.3 Å². The summed E-state index contributed by atoms with van der Waals surface area (Å²) in [5.41, 5.74) is -0.323. The van der Waals surface area contributed by atoms with Crippen LogP contribution in [0.25, 0.3) is 0 Å². The lowest BCUT2D eigenvalue weighted by molar-refractivity contribution is -0.138. The second-order valence-electron chi connectivity index (χ2n) is 5.33. The fourth-order valence-corrected chi connectivity index (χ4v) is 3.76. The van der Waals surface area contributed by atoms with Gasteiger partial charge in [0.2, 0.25) is 0 Å². The molecule has 2 rings (SSSR count). The van der Waals surface area contributed by atoms with Gasteiger partial charge in [0.25, 0.3) is 5.91 Å². The summed E-state index contributed by atoms with van der Waals surface area (Å²) in [7, 11) is 1.51. The molecular formula is C16H15Cl2NO4S. The van der Waals surface area contributed by atoms with Gasteiger partial charge in [-0.25, -0.2) is 0 Å². The van der Waals surface area contributed by atoms with E-state index in [4.69, 9.17) is 27.9 Å². The Morgan fingerprint density at radius 1 is 1.33 bits per heavy atom. The molecule has 1 aromatic heterocycles. The average Bonchev–Trinajstić information content (AvgIpc) is 2.85. The molecule has 8 heteroatoms. The van der Waals surface area contributed by atoms with Crippen LogP contribution in [-0.4, -0.2) is 24.1 Å². The summed E-state index contributed by atoms with van der Waals surface area (Å²) in [6, 6.07) is 8.34. The van der Waals surface area contributed by atoms with E-state index in [9.17, 15) is 14.7 Å². The Hall–Kier alpha value is -1.76. The van der Waals surface area contributed by atoms with Crippen LogP contribution in [0.2, 0.25) is 8.67 Å². The number of carbonyl (C=O) groups is 2. The number of hydrogen-bond acceptors (Lipinski definition) is 4. The number of aliphatic carboxylic acids is 1. The van der Waals surface area contributed by atoms with Crippen LogP contribution in [0, 0.1) is 0 Å². The summed E-state index contributed by atoms with van der Waals surface area (Å²) in [5.74, 6) is -0.972. The number of thiophene rings is 1. The first-order valence-electron chi connectivity index (χ1n) is 6.89. The van der Waals surface area contributed by atoms with Gasteiger partial charge in [0, 0.05) is 0 Å². The number of ether oxygens (including phenoxy) is 1. The van der Waals surface area contributed by atoms with Gasteiger partial charge in [-0.2, -0.15) is 0 Å². The molecule has 0 aliphatic heterocycles. The van der Waals surface area contributed by atoms with E-state index in [-0.39, 0.29) is 16.3 Å². The lowest BCUT2D eigenvalue weighted by Gasteiger charge is -2.30. The largest absolute Gasteiger partial charge is 0.497 e. The topological polar surface area (TPSA) is 75.6 Å². The smallest absolute Gasteiger partial charge is 0.306 e. The summed E-state index contributed by atoms with van der Waals surface area (Å²) in [6.07, 6.45) is -0.304. The second-order valence-corrected chi connectivity index (χ2v) is 7.61. The Kier molecular flexibility index (Phi) is 5.74. The molecule has 1 unspecified atom stereocenters. The predicted molar refractivity (Wildman–Crippen MR) is 94.4 cm³/mol. The molecule has 0 aliphatic carbocycles. The van der Waals surface area contributed by atoms with Crippen LogP contribution >= 0.6 is 34.5 Å². The van der Waals surface area contributed by atoms with Gasteiger partial charge in [0.1, 0.15) is 10.1 Å². The van der Waals surface area contributed by atoms with E-state index in [2.05, 4.69) is 5.32 Å². The number of hydrogen-bond donors (Lipinski definition) is 2. The van der Waals surface area contributed by atoms with Crippen molar-refractivity contribution in [2.45, 2.75) is 18.9 Å². The van der Waals surface area contributed by atoms with E-state index in [1.807, 2.05) is 0 Å². The van der Waals surface area contributed by atoms with Crippen molar-refractivity contribution >= 4 is 46.4 Å². The lowest BCUT2D eigenvalue weighted by Crippen LogP contribution is -2.45. The Morgan fingerprint density at radius 2 is 2.04 bits per heavy atom. The zero-order chi connectivity index (χ0) is 17.9. The second kappa shape index (κ2) is 7.42. The number of carboxylic acids is 1. The molecule has 0 bridgehead atoms. The van der Waals surface area contributed by atoms with Crippen molar-refractivity contribution in [1.82, 2.24) is 5.32 Å². The minimum Gasteiger partial charge on any atom is -0.497 e. The van der Waals surface area contributed by atoms with Gasteiger partial charge in [-0.15, -0.1) is 11.3 Å². The van der Waals surface area contributed by atoms with Crippen molar-refractivity contribution < 1.29 is 19.4 Å². The van der Waals surface area contributed by atoms with Crippen molar-refractivity contribution in [2.24, 2.45) is 0 Å². The Labute approximate surface area is 153 Å². The van der Waals surface area contributed by atoms with Gasteiger partial charge >= 0.3 is 5.97 Å². The van der Waals surface area contributed by atoms with E-state index in [1.165, 1.54) is 13.2 Å². The first-order chi connectivity index (χ1) is 11.2. The van der Waals surface area contributed by atoms with E-state index in [0.717, 1.165) is 11.3 Å².